The van der Waals surface area contributed by atoms with Crippen LogP contribution in [0.4, 0.5) is 0 Å². The fraction of sp³-hybridized carbons (Fsp3) is 0.886. The highest BCUT2D eigenvalue weighted by atomic mass is 16.5. The van der Waals surface area contributed by atoms with Gasteiger partial charge in [-0.2, -0.15) is 0 Å². The molecule has 43 heavy (non-hydrogen) atoms. The van der Waals surface area contributed by atoms with E-state index in [0.29, 0.717) is 63.4 Å². The van der Waals surface area contributed by atoms with Gasteiger partial charge in [0.1, 0.15) is 11.9 Å². The van der Waals surface area contributed by atoms with Crippen molar-refractivity contribution in [3.8, 4) is 0 Å². The summed E-state index contributed by atoms with van der Waals surface area (Å²) in [7, 11) is 0. The number of aliphatic hydroxyl groups excluding tert-OH is 4. The molecule has 0 spiro atoms. The third-order valence-electron chi connectivity index (χ3n) is 9.11. The third-order valence-corrected chi connectivity index (χ3v) is 9.11. The van der Waals surface area contributed by atoms with Crippen LogP contribution in [0.3, 0.4) is 0 Å². The molecule has 0 aliphatic carbocycles. The lowest BCUT2D eigenvalue weighted by molar-refractivity contribution is -0.139. The molecule has 2 rings (SSSR count). The molecule has 1 fully saturated rings. The minimum atomic E-state index is -0.870. The Kier molecular flexibility index (Phi) is 19.6. The van der Waals surface area contributed by atoms with Gasteiger partial charge in [-0.1, -0.05) is 77.6 Å². The Labute approximate surface area is 260 Å². The van der Waals surface area contributed by atoms with Crippen molar-refractivity contribution < 1.29 is 39.5 Å². The first kappa shape index (κ1) is 37.9. The van der Waals surface area contributed by atoms with Crippen LogP contribution in [0.5, 0.6) is 0 Å². The number of carbonyl (C=O) groups excluding carboxylic acids is 2. The molecule has 2 aliphatic rings. The van der Waals surface area contributed by atoms with Crippen LogP contribution in [-0.4, -0.2) is 74.9 Å². The SMILES string of the molecule is CCCCCCCCCCCCC(O)C1CCC(C(O)CCCC(O)C(O)CCCCC(=O)CCC2=C[C@H](C)OC2=O)O1. The summed E-state index contributed by atoms with van der Waals surface area (Å²) in [4.78, 5) is 23.7. The van der Waals surface area contributed by atoms with Crippen molar-refractivity contribution in [1.29, 1.82) is 0 Å². The fourth-order valence-corrected chi connectivity index (χ4v) is 6.28. The molecule has 1 saturated heterocycles. The average molecular weight is 611 g/mol. The van der Waals surface area contributed by atoms with Crippen LogP contribution in [0.1, 0.15) is 155 Å². The van der Waals surface area contributed by atoms with Gasteiger partial charge < -0.3 is 29.9 Å². The highest BCUT2D eigenvalue weighted by Gasteiger charge is 2.34. The van der Waals surface area contributed by atoms with Crippen LogP contribution < -0.4 is 0 Å². The zero-order chi connectivity index (χ0) is 31.5. The minimum absolute atomic E-state index is 0.0833. The lowest BCUT2D eigenvalue weighted by Gasteiger charge is -2.23. The Morgan fingerprint density at radius 2 is 1.26 bits per heavy atom. The van der Waals surface area contributed by atoms with E-state index in [2.05, 4.69) is 6.92 Å². The Morgan fingerprint density at radius 3 is 1.81 bits per heavy atom. The maximum Gasteiger partial charge on any atom is 0.334 e. The van der Waals surface area contributed by atoms with Crippen molar-refractivity contribution in [2.75, 3.05) is 0 Å². The molecular weight excluding hydrogens is 548 g/mol. The summed E-state index contributed by atoms with van der Waals surface area (Å²) in [6.07, 6.45) is 17.3. The van der Waals surface area contributed by atoms with Gasteiger partial charge in [0, 0.05) is 18.4 Å². The van der Waals surface area contributed by atoms with Crippen LogP contribution in [0.25, 0.3) is 0 Å². The second-order valence-electron chi connectivity index (χ2n) is 13.0. The molecule has 0 radical (unpaired) electrons. The molecule has 0 aromatic heterocycles. The fourth-order valence-electron chi connectivity index (χ4n) is 6.28. The van der Waals surface area contributed by atoms with E-state index in [0.717, 1.165) is 32.1 Å². The number of carbonyl (C=O) groups is 2. The average Bonchev–Trinajstić information content (AvgIpc) is 3.61. The van der Waals surface area contributed by atoms with E-state index in [4.69, 9.17) is 9.47 Å². The van der Waals surface area contributed by atoms with Crippen molar-refractivity contribution in [2.24, 2.45) is 0 Å². The molecule has 7 atom stereocenters. The van der Waals surface area contributed by atoms with Crippen LogP contribution in [-0.2, 0) is 19.1 Å². The van der Waals surface area contributed by atoms with Crippen molar-refractivity contribution in [1.82, 2.24) is 0 Å². The molecule has 2 heterocycles. The van der Waals surface area contributed by atoms with Gasteiger partial charge >= 0.3 is 5.97 Å². The van der Waals surface area contributed by atoms with Crippen LogP contribution >= 0.6 is 0 Å². The third kappa shape index (κ3) is 16.0. The van der Waals surface area contributed by atoms with Crippen LogP contribution in [0.2, 0.25) is 0 Å². The quantitative estimate of drug-likeness (QED) is 0.0668. The van der Waals surface area contributed by atoms with E-state index < -0.39 is 24.4 Å². The molecular formula is C35H62O8. The van der Waals surface area contributed by atoms with Gasteiger partial charge in [-0.25, -0.2) is 4.79 Å². The van der Waals surface area contributed by atoms with Gasteiger partial charge in [-0.3, -0.25) is 4.79 Å². The smallest absolute Gasteiger partial charge is 0.334 e. The van der Waals surface area contributed by atoms with Gasteiger partial charge in [0.25, 0.3) is 0 Å². The number of esters is 1. The van der Waals surface area contributed by atoms with E-state index in [9.17, 15) is 30.0 Å². The van der Waals surface area contributed by atoms with Crippen LogP contribution in [0.15, 0.2) is 11.6 Å². The van der Waals surface area contributed by atoms with E-state index in [1.54, 1.807) is 13.0 Å². The van der Waals surface area contributed by atoms with E-state index in [-0.39, 0.29) is 30.1 Å². The van der Waals surface area contributed by atoms with Gasteiger partial charge in [0.2, 0.25) is 0 Å². The summed E-state index contributed by atoms with van der Waals surface area (Å²) < 4.78 is 11.0. The number of Topliss-reactive ketones (excluding diaryl/α,β-unsaturated/α-hetero) is 1. The Balaban J connectivity index is 1.46. The van der Waals surface area contributed by atoms with E-state index >= 15 is 0 Å². The topological polar surface area (TPSA) is 134 Å². The summed E-state index contributed by atoms with van der Waals surface area (Å²) in [5, 5.41) is 41.9. The summed E-state index contributed by atoms with van der Waals surface area (Å²) >= 11 is 0. The molecule has 250 valence electrons. The number of ketones is 1. The van der Waals surface area contributed by atoms with Crippen LogP contribution in [0, 0.1) is 0 Å². The molecule has 2 aliphatic heterocycles. The zero-order valence-corrected chi connectivity index (χ0v) is 27.1. The van der Waals surface area contributed by atoms with Crippen molar-refractivity contribution in [2.45, 2.75) is 198 Å². The first-order valence-corrected chi connectivity index (χ1v) is 17.5. The molecule has 0 bridgehead atoms. The summed E-state index contributed by atoms with van der Waals surface area (Å²) in [5.41, 5.74) is 0.570. The zero-order valence-electron chi connectivity index (χ0n) is 27.1. The molecule has 0 amide bonds. The van der Waals surface area contributed by atoms with Crippen molar-refractivity contribution in [3.63, 3.8) is 0 Å². The maximum absolute atomic E-state index is 12.1. The molecule has 8 nitrogen and oxygen atoms in total. The van der Waals surface area contributed by atoms with Gasteiger partial charge in [-0.15, -0.1) is 0 Å². The van der Waals surface area contributed by atoms with Gasteiger partial charge in [0.15, 0.2) is 0 Å². The highest BCUT2D eigenvalue weighted by Crippen LogP contribution is 2.28. The summed E-state index contributed by atoms with van der Waals surface area (Å²) in [6, 6.07) is 0. The van der Waals surface area contributed by atoms with E-state index in [1.807, 2.05) is 0 Å². The number of unbranched alkanes of at least 4 members (excludes halogenated alkanes) is 10. The summed E-state index contributed by atoms with van der Waals surface area (Å²) in [6.45, 7) is 4.04. The predicted molar refractivity (Wildman–Crippen MR) is 169 cm³/mol. The number of ether oxygens (including phenoxy) is 2. The predicted octanol–water partition coefficient (Wildman–Crippen LogP) is 6.24. The molecule has 6 unspecified atom stereocenters. The number of rotatable bonds is 26. The lowest BCUT2D eigenvalue weighted by atomic mass is 9.97. The second kappa shape index (κ2) is 22.2. The van der Waals surface area contributed by atoms with E-state index in [1.165, 1.54) is 51.4 Å². The number of cyclic esters (lactones) is 1. The standard InChI is InChI=1S/C35H62O8/c1-3-4-5-6-7-8-9-10-11-12-18-31(39)33-23-24-34(43-33)32(40)20-15-19-30(38)29(37)17-14-13-16-28(36)22-21-27-25-26(2)42-35(27)41/h25-26,29-34,37-40H,3-24H2,1-2H3/t26-,29?,30?,31?,32?,33?,34?/m0/s1. The van der Waals surface area contributed by atoms with Crippen molar-refractivity contribution in [3.05, 3.63) is 11.6 Å². The number of hydrogen-bond donors (Lipinski definition) is 4. The lowest BCUT2D eigenvalue weighted by Crippen LogP contribution is -2.31. The Bertz CT molecular complexity index is 799. The Hall–Kier alpha value is -1.32. The van der Waals surface area contributed by atoms with Gasteiger partial charge in [0.05, 0.1) is 36.6 Å². The summed E-state index contributed by atoms with van der Waals surface area (Å²) in [5.74, 6) is -0.251. The number of aliphatic hydroxyl groups is 4. The number of hydrogen-bond acceptors (Lipinski definition) is 8. The second-order valence-corrected chi connectivity index (χ2v) is 13.0. The molecule has 8 heteroatoms. The molecule has 0 aromatic rings. The Morgan fingerprint density at radius 1 is 0.744 bits per heavy atom. The van der Waals surface area contributed by atoms with Gasteiger partial charge in [-0.05, 0) is 70.8 Å². The molecule has 0 aromatic carbocycles. The highest BCUT2D eigenvalue weighted by molar-refractivity contribution is 5.91. The molecule has 0 saturated carbocycles. The monoisotopic (exact) mass is 610 g/mol. The molecule has 4 N–H and O–H groups in total. The van der Waals surface area contributed by atoms with Crippen molar-refractivity contribution >= 4 is 11.8 Å². The maximum atomic E-state index is 12.1. The first-order chi connectivity index (χ1) is 20.7. The normalized spacial score (nSPS) is 23.2. The first-order valence-electron chi connectivity index (χ1n) is 17.5. The minimum Gasteiger partial charge on any atom is -0.455 e. The largest absolute Gasteiger partial charge is 0.455 e.